The molecule has 2 aromatic rings. The number of carbonyl (C=O) groups excluding carboxylic acids is 1. The van der Waals surface area contributed by atoms with Gasteiger partial charge in [-0.1, -0.05) is 0 Å². The molecule has 0 saturated heterocycles. The molecule has 76 valence electrons. The van der Waals surface area contributed by atoms with E-state index in [0.29, 0.717) is 16.6 Å². The first-order valence-electron chi connectivity index (χ1n) is 4.42. The van der Waals surface area contributed by atoms with E-state index < -0.39 is 5.91 Å². The largest absolute Gasteiger partial charge is 0.369 e. The number of rotatable bonds is 2. The molecule has 2 rings (SSSR count). The Kier molecular flexibility index (Phi) is 2.21. The lowest BCUT2D eigenvalue weighted by Crippen LogP contribution is -2.20. The van der Waals surface area contributed by atoms with Gasteiger partial charge in [-0.05, 0) is 12.1 Å². The molecule has 0 unspecified atom stereocenters. The molecule has 5 nitrogen and oxygen atoms in total. The minimum Gasteiger partial charge on any atom is -0.369 e. The van der Waals surface area contributed by atoms with Crippen LogP contribution < -0.4 is 11.2 Å². The van der Waals surface area contributed by atoms with E-state index in [1.165, 1.54) is 12.4 Å². The van der Waals surface area contributed by atoms with Gasteiger partial charge < -0.3 is 10.7 Å². The quantitative estimate of drug-likeness (QED) is 0.717. The summed E-state index contributed by atoms with van der Waals surface area (Å²) in [6.07, 6.45) is 2.96. The maximum absolute atomic E-state index is 11.8. The zero-order valence-electron chi connectivity index (χ0n) is 7.86. The fourth-order valence-electron chi connectivity index (χ4n) is 1.40. The van der Waals surface area contributed by atoms with Crippen LogP contribution in [0.3, 0.4) is 0 Å². The van der Waals surface area contributed by atoms with E-state index in [0.717, 1.165) is 0 Å². The van der Waals surface area contributed by atoms with E-state index >= 15 is 0 Å². The summed E-state index contributed by atoms with van der Waals surface area (Å²) in [7, 11) is 0. The molecule has 3 N–H and O–H groups in total. The van der Waals surface area contributed by atoms with E-state index in [2.05, 4.69) is 9.97 Å². The second-order valence-corrected chi connectivity index (χ2v) is 3.19. The van der Waals surface area contributed by atoms with Gasteiger partial charge in [-0.2, -0.15) is 0 Å². The number of primary amides is 1. The van der Waals surface area contributed by atoms with Crippen molar-refractivity contribution >= 4 is 16.9 Å². The third-order valence-corrected chi connectivity index (χ3v) is 2.08. The number of amides is 1. The Labute approximate surface area is 84.9 Å². The molecule has 0 fully saturated rings. The van der Waals surface area contributed by atoms with Gasteiger partial charge in [-0.15, -0.1) is 0 Å². The molecule has 0 aliphatic carbocycles. The first-order chi connectivity index (χ1) is 7.18. The van der Waals surface area contributed by atoms with Crippen LogP contribution in [-0.4, -0.2) is 15.9 Å². The monoisotopic (exact) mass is 203 g/mol. The van der Waals surface area contributed by atoms with Crippen molar-refractivity contribution in [1.29, 1.82) is 0 Å². The summed E-state index contributed by atoms with van der Waals surface area (Å²) < 4.78 is 0. The van der Waals surface area contributed by atoms with E-state index in [9.17, 15) is 9.59 Å². The maximum atomic E-state index is 11.8. The molecule has 0 aromatic carbocycles. The molecular weight excluding hydrogens is 194 g/mol. The van der Waals surface area contributed by atoms with Crippen molar-refractivity contribution < 1.29 is 4.79 Å². The second-order valence-electron chi connectivity index (χ2n) is 3.19. The minimum absolute atomic E-state index is 0.0676. The number of hydrogen-bond acceptors (Lipinski definition) is 3. The summed E-state index contributed by atoms with van der Waals surface area (Å²) in [5.74, 6) is -0.532. The fourth-order valence-corrected chi connectivity index (χ4v) is 1.40. The van der Waals surface area contributed by atoms with Crippen molar-refractivity contribution in [3.8, 4) is 0 Å². The van der Waals surface area contributed by atoms with Crippen LogP contribution in [0.15, 0.2) is 29.3 Å². The maximum Gasteiger partial charge on any atom is 0.222 e. The number of nitrogens with one attached hydrogen (secondary N) is 1. The predicted octanol–water partition coefficient (Wildman–Crippen LogP) is -0.0491. The Hall–Kier alpha value is -2.17. The number of carbonyl (C=O) groups is 1. The number of pyridine rings is 2. The van der Waals surface area contributed by atoms with E-state index in [1.807, 2.05) is 0 Å². The molecule has 0 aliphatic heterocycles. The standard InChI is InChI=1S/C10H9N3O2/c11-8(14)4-6-5-13-7-2-1-3-12-9(7)10(6)15/h1-3,5H,4H2,(H2,11,14)(H,13,15). The van der Waals surface area contributed by atoms with Crippen molar-refractivity contribution in [3.05, 3.63) is 40.3 Å². The topological polar surface area (TPSA) is 88.8 Å². The van der Waals surface area contributed by atoms with Gasteiger partial charge in [0, 0.05) is 18.0 Å². The Morgan fingerprint density at radius 2 is 2.33 bits per heavy atom. The lowest BCUT2D eigenvalue weighted by atomic mass is 10.1. The predicted molar refractivity (Wildman–Crippen MR) is 55.3 cm³/mol. The Bertz CT molecular complexity index is 574. The second kappa shape index (κ2) is 3.53. The molecule has 2 heterocycles. The van der Waals surface area contributed by atoms with E-state index in [-0.39, 0.29) is 11.8 Å². The van der Waals surface area contributed by atoms with Crippen LogP contribution in [0.5, 0.6) is 0 Å². The summed E-state index contributed by atoms with van der Waals surface area (Å²) in [5, 5.41) is 0. The number of nitrogens with zero attached hydrogens (tertiary/aromatic N) is 1. The Morgan fingerprint density at radius 3 is 3.07 bits per heavy atom. The summed E-state index contributed by atoms with van der Waals surface area (Å²) in [5.41, 5.74) is 6.10. The molecular formula is C10H9N3O2. The zero-order chi connectivity index (χ0) is 10.8. The van der Waals surface area contributed by atoms with E-state index in [1.54, 1.807) is 12.1 Å². The first-order valence-corrected chi connectivity index (χ1v) is 4.42. The lowest BCUT2D eigenvalue weighted by Gasteiger charge is -1.99. The number of aromatic amines is 1. The molecule has 2 aromatic heterocycles. The highest BCUT2D eigenvalue weighted by atomic mass is 16.1. The molecule has 0 radical (unpaired) electrons. The van der Waals surface area contributed by atoms with Gasteiger partial charge in [0.15, 0.2) is 0 Å². The van der Waals surface area contributed by atoms with Gasteiger partial charge in [-0.25, -0.2) is 0 Å². The average molecular weight is 203 g/mol. The fraction of sp³-hybridized carbons (Fsp3) is 0.100. The van der Waals surface area contributed by atoms with Crippen LogP contribution in [0, 0.1) is 0 Å². The highest BCUT2D eigenvalue weighted by Crippen LogP contribution is 2.03. The number of aromatic nitrogens is 2. The van der Waals surface area contributed by atoms with Crippen LogP contribution in [-0.2, 0) is 11.2 Å². The van der Waals surface area contributed by atoms with Crippen molar-refractivity contribution in [2.75, 3.05) is 0 Å². The summed E-state index contributed by atoms with van der Waals surface area (Å²) >= 11 is 0. The molecule has 5 heteroatoms. The Morgan fingerprint density at radius 1 is 1.53 bits per heavy atom. The third-order valence-electron chi connectivity index (χ3n) is 2.08. The molecule has 0 atom stereocenters. The molecule has 0 spiro atoms. The van der Waals surface area contributed by atoms with Crippen molar-refractivity contribution in [2.45, 2.75) is 6.42 Å². The number of H-pyrrole nitrogens is 1. The SMILES string of the molecule is NC(=O)Cc1c[nH]c2cccnc2c1=O. The van der Waals surface area contributed by atoms with Crippen LogP contribution in [0.2, 0.25) is 0 Å². The van der Waals surface area contributed by atoms with Crippen LogP contribution >= 0.6 is 0 Å². The van der Waals surface area contributed by atoms with Crippen LogP contribution in [0.25, 0.3) is 11.0 Å². The molecule has 0 bridgehead atoms. The molecule has 0 aliphatic rings. The van der Waals surface area contributed by atoms with E-state index in [4.69, 9.17) is 5.73 Å². The van der Waals surface area contributed by atoms with Gasteiger partial charge in [0.05, 0.1) is 11.9 Å². The number of fused-ring (bicyclic) bond motifs is 1. The Balaban J connectivity index is 2.65. The molecule has 1 amide bonds. The molecule has 15 heavy (non-hydrogen) atoms. The molecule has 0 saturated carbocycles. The van der Waals surface area contributed by atoms with Gasteiger partial charge in [0.2, 0.25) is 11.3 Å². The third kappa shape index (κ3) is 1.71. The highest BCUT2D eigenvalue weighted by Gasteiger charge is 2.07. The summed E-state index contributed by atoms with van der Waals surface area (Å²) in [4.78, 5) is 29.3. The van der Waals surface area contributed by atoms with Crippen LogP contribution in [0.1, 0.15) is 5.56 Å². The lowest BCUT2D eigenvalue weighted by molar-refractivity contribution is -0.117. The van der Waals surface area contributed by atoms with Crippen molar-refractivity contribution in [1.82, 2.24) is 9.97 Å². The van der Waals surface area contributed by atoms with Gasteiger partial charge in [0.25, 0.3) is 0 Å². The van der Waals surface area contributed by atoms with Gasteiger partial charge >= 0.3 is 0 Å². The minimum atomic E-state index is -0.532. The normalized spacial score (nSPS) is 10.4. The smallest absolute Gasteiger partial charge is 0.222 e. The van der Waals surface area contributed by atoms with Crippen LogP contribution in [0.4, 0.5) is 0 Å². The van der Waals surface area contributed by atoms with Gasteiger partial charge in [0.1, 0.15) is 5.52 Å². The summed E-state index contributed by atoms with van der Waals surface area (Å²) in [6, 6.07) is 3.48. The average Bonchev–Trinajstić information content (AvgIpc) is 2.22. The van der Waals surface area contributed by atoms with Crippen molar-refractivity contribution in [3.63, 3.8) is 0 Å². The first kappa shape index (κ1) is 9.39. The number of hydrogen-bond donors (Lipinski definition) is 2. The van der Waals surface area contributed by atoms with Crippen molar-refractivity contribution in [2.24, 2.45) is 5.73 Å². The number of nitrogens with two attached hydrogens (primary N) is 1. The zero-order valence-corrected chi connectivity index (χ0v) is 7.86. The highest BCUT2D eigenvalue weighted by molar-refractivity contribution is 5.79. The summed E-state index contributed by atoms with van der Waals surface area (Å²) in [6.45, 7) is 0. The van der Waals surface area contributed by atoms with Gasteiger partial charge in [-0.3, -0.25) is 14.6 Å².